The summed E-state index contributed by atoms with van der Waals surface area (Å²) in [6, 6.07) is 10.7. The minimum atomic E-state index is -0.0903. The Morgan fingerprint density at radius 3 is 2.31 bits per heavy atom. The van der Waals surface area contributed by atoms with Crippen molar-refractivity contribution in [2.45, 2.75) is 6.42 Å². The molecule has 1 aliphatic rings. The van der Waals surface area contributed by atoms with Gasteiger partial charge in [-0.05, 0) is 29.8 Å². The monoisotopic (exact) mass is 410 g/mol. The minimum Gasteiger partial charge on any atom is -0.339 e. The van der Waals surface area contributed by atoms with Crippen molar-refractivity contribution < 1.29 is 9.59 Å². The largest absolute Gasteiger partial charge is 0.339 e. The summed E-state index contributed by atoms with van der Waals surface area (Å²) in [5, 5.41) is 4.66. The second-order valence-electron chi connectivity index (χ2n) is 6.72. The molecule has 0 spiro atoms. The lowest BCUT2D eigenvalue weighted by molar-refractivity contribution is -0.131. The van der Waals surface area contributed by atoms with Gasteiger partial charge in [-0.15, -0.1) is 0 Å². The molecule has 3 aromatic rings. The lowest BCUT2D eigenvalue weighted by Gasteiger charge is -2.34. The van der Waals surface area contributed by atoms with E-state index >= 15 is 0 Å². The van der Waals surface area contributed by atoms with Gasteiger partial charge < -0.3 is 9.80 Å². The van der Waals surface area contributed by atoms with Gasteiger partial charge >= 0.3 is 0 Å². The van der Waals surface area contributed by atoms with Crippen LogP contribution in [-0.4, -0.2) is 67.5 Å². The molecule has 0 N–H and O–H groups in total. The van der Waals surface area contributed by atoms with Crippen LogP contribution in [0.3, 0.4) is 0 Å². The SMILES string of the molecule is O=C(Cc1ccc(Cl)cc1)N1CCN(C(=O)c2ccc(-n3cncn3)nc2)CC1. The number of carbonyl (C=O) groups excluding carboxylic acids is 2. The molecule has 0 unspecified atom stereocenters. The van der Waals surface area contributed by atoms with Crippen molar-refractivity contribution in [3.8, 4) is 5.82 Å². The van der Waals surface area contributed by atoms with Crippen molar-refractivity contribution in [3.63, 3.8) is 0 Å². The van der Waals surface area contributed by atoms with Crippen molar-refractivity contribution in [2.75, 3.05) is 26.2 Å². The number of pyridine rings is 1. The number of halogens is 1. The van der Waals surface area contributed by atoms with Crippen molar-refractivity contribution in [2.24, 2.45) is 0 Å². The molecule has 1 fully saturated rings. The second kappa shape index (κ2) is 8.40. The molecule has 8 nitrogen and oxygen atoms in total. The van der Waals surface area contributed by atoms with E-state index in [0.717, 1.165) is 5.56 Å². The predicted octanol–water partition coefficient (Wildman–Crippen LogP) is 1.84. The molecule has 2 amide bonds. The summed E-state index contributed by atoms with van der Waals surface area (Å²) in [6.45, 7) is 2.03. The number of piperazine rings is 1. The van der Waals surface area contributed by atoms with E-state index in [1.807, 2.05) is 12.1 Å². The maximum Gasteiger partial charge on any atom is 0.255 e. The van der Waals surface area contributed by atoms with Crippen molar-refractivity contribution >= 4 is 23.4 Å². The van der Waals surface area contributed by atoms with E-state index in [9.17, 15) is 9.59 Å². The van der Waals surface area contributed by atoms with E-state index in [2.05, 4.69) is 15.1 Å². The summed E-state index contributed by atoms with van der Waals surface area (Å²) in [7, 11) is 0. The Balaban J connectivity index is 1.32. The molecule has 29 heavy (non-hydrogen) atoms. The molecule has 1 aliphatic heterocycles. The first-order valence-electron chi connectivity index (χ1n) is 9.23. The molecule has 0 saturated carbocycles. The summed E-state index contributed by atoms with van der Waals surface area (Å²) in [5.74, 6) is 0.558. The average Bonchev–Trinajstić information content (AvgIpc) is 3.30. The van der Waals surface area contributed by atoms with Gasteiger partial charge in [0.2, 0.25) is 5.91 Å². The van der Waals surface area contributed by atoms with Gasteiger partial charge in [0.05, 0.1) is 12.0 Å². The molecule has 148 valence electrons. The average molecular weight is 411 g/mol. The molecule has 9 heteroatoms. The number of aromatic nitrogens is 4. The molecule has 4 rings (SSSR count). The fraction of sp³-hybridized carbons (Fsp3) is 0.250. The van der Waals surface area contributed by atoms with Crippen LogP contribution in [0.2, 0.25) is 5.02 Å². The Bertz CT molecular complexity index is 981. The van der Waals surface area contributed by atoms with Crippen LogP contribution in [0.4, 0.5) is 0 Å². The highest BCUT2D eigenvalue weighted by Crippen LogP contribution is 2.13. The van der Waals surface area contributed by atoms with Gasteiger partial charge in [0.15, 0.2) is 5.82 Å². The van der Waals surface area contributed by atoms with E-state index in [1.54, 1.807) is 40.4 Å². The number of hydrogen-bond acceptors (Lipinski definition) is 5. The minimum absolute atomic E-state index is 0.0540. The Morgan fingerprint density at radius 1 is 0.966 bits per heavy atom. The van der Waals surface area contributed by atoms with Crippen LogP contribution in [0.1, 0.15) is 15.9 Å². The number of amides is 2. The summed E-state index contributed by atoms with van der Waals surface area (Å²) >= 11 is 5.88. The third-order valence-corrected chi connectivity index (χ3v) is 5.09. The van der Waals surface area contributed by atoms with Gasteiger partial charge in [-0.3, -0.25) is 9.59 Å². The third-order valence-electron chi connectivity index (χ3n) is 4.84. The maximum atomic E-state index is 12.7. The van der Waals surface area contributed by atoms with Gasteiger partial charge in [-0.2, -0.15) is 5.10 Å². The van der Waals surface area contributed by atoms with Crippen LogP contribution in [0.5, 0.6) is 0 Å². The van der Waals surface area contributed by atoms with Crippen LogP contribution < -0.4 is 0 Å². The topological polar surface area (TPSA) is 84.2 Å². The zero-order chi connectivity index (χ0) is 20.2. The van der Waals surface area contributed by atoms with E-state index in [-0.39, 0.29) is 11.8 Å². The molecule has 0 atom stereocenters. The second-order valence-corrected chi connectivity index (χ2v) is 7.16. The number of rotatable bonds is 4. The van der Waals surface area contributed by atoms with Crippen LogP contribution in [-0.2, 0) is 11.2 Å². The summed E-state index contributed by atoms with van der Waals surface area (Å²) in [4.78, 5) is 36.9. The third kappa shape index (κ3) is 4.43. The zero-order valence-corrected chi connectivity index (χ0v) is 16.4. The first kappa shape index (κ1) is 19.1. The highest BCUT2D eigenvalue weighted by molar-refractivity contribution is 6.30. The molecule has 3 heterocycles. The normalized spacial score (nSPS) is 14.1. The van der Waals surface area contributed by atoms with Crippen LogP contribution >= 0.6 is 11.6 Å². The fourth-order valence-electron chi connectivity index (χ4n) is 3.20. The molecule has 0 aliphatic carbocycles. The van der Waals surface area contributed by atoms with E-state index < -0.39 is 0 Å². The zero-order valence-electron chi connectivity index (χ0n) is 15.6. The molecular formula is C20H19ClN6O2. The van der Waals surface area contributed by atoms with Gasteiger partial charge in [0, 0.05) is 37.4 Å². The summed E-state index contributed by atoms with van der Waals surface area (Å²) < 4.78 is 1.53. The summed E-state index contributed by atoms with van der Waals surface area (Å²) in [6.07, 6.45) is 4.84. The first-order valence-corrected chi connectivity index (χ1v) is 9.60. The fourth-order valence-corrected chi connectivity index (χ4v) is 3.33. The van der Waals surface area contributed by atoms with Gasteiger partial charge in [-0.25, -0.2) is 14.6 Å². The van der Waals surface area contributed by atoms with Crippen LogP contribution in [0.15, 0.2) is 55.2 Å². The molecule has 2 aromatic heterocycles. The molecule has 0 radical (unpaired) electrons. The smallest absolute Gasteiger partial charge is 0.255 e. The van der Waals surface area contributed by atoms with Gasteiger partial charge in [0.25, 0.3) is 5.91 Å². The van der Waals surface area contributed by atoms with Gasteiger partial charge in [-0.1, -0.05) is 23.7 Å². The van der Waals surface area contributed by atoms with E-state index in [0.29, 0.717) is 49.0 Å². The number of carbonyl (C=O) groups is 2. The van der Waals surface area contributed by atoms with E-state index in [4.69, 9.17) is 11.6 Å². The first-order chi connectivity index (χ1) is 14.1. The number of nitrogens with zero attached hydrogens (tertiary/aromatic N) is 6. The summed E-state index contributed by atoms with van der Waals surface area (Å²) in [5.41, 5.74) is 1.44. The molecule has 1 saturated heterocycles. The quantitative estimate of drug-likeness (QED) is 0.655. The lowest BCUT2D eigenvalue weighted by atomic mass is 10.1. The Hall–Kier alpha value is -3.26. The Labute approximate surface area is 172 Å². The van der Waals surface area contributed by atoms with Crippen molar-refractivity contribution in [1.29, 1.82) is 0 Å². The van der Waals surface area contributed by atoms with Crippen LogP contribution in [0, 0.1) is 0 Å². The standard InChI is InChI=1S/C20H19ClN6O2/c21-17-4-1-15(2-5-17)11-19(28)25-7-9-26(10-8-25)20(29)16-3-6-18(23-12-16)27-14-22-13-24-27/h1-6,12-14H,7-11H2. The number of benzene rings is 1. The Morgan fingerprint density at radius 2 is 1.69 bits per heavy atom. The van der Waals surface area contributed by atoms with E-state index in [1.165, 1.54) is 17.2 Å². The Kier molecular flexibility index (Phi) is 5.53. The molecule has 0 bridgehead atoms. The van der Waals surface area contributed by atoms with Crippen LogP contribution in [0.25, 0.3) is 5.82 Å². The highest BCUT2D eigenvalue weighted by Gasteiger charge is 2.25. The maximum absolute atomic E-state index is 12.7. The van der Waals surface area contributed by atoms with Crippen molar-refractivity contribution in [3.05, 3.63) is 71.4 Å². The highest BCUT2D eigenvalue weighted by atomic mass is 35.5. The predicted molar refractivity (Wildman–Crippen MR) is 107 cm³/mol. The molecular weight excluding hydrogens is 392 g/mol. The lowest BCUT2D eigenvalue weighted by Crippen LogP contribution is -2.51. The van der Waals surface area contributed by atoms with Gasteiger partial charge in [0.1, 0.15) is 12.7 Å². The van der Waals surface area contributed by atoms with Crippen molar-refractivity contribution in [1.82, 2.24) is 29.5 Å². The number of hydrogen-bond donors (Lipinski definition) is 0. The molecule has 1 aromatic carbocycles.